The van der Waals surface area contributed by atoms with Crippen LogP contribution in [0.1, 0.15) is 13.8 Å². The summed E-state index contributed by atoms with van der Waals surface area (Å²) in [5, 5.41) is 0. The Balaban J connectivity index is 2.66. The van der Waals surface area contributed by atoms with Gasteiger partial charge in [-0.1, -0.05) is 0 Å². The molecule has 0 saturated heterocycles. The third kappa shape index (κ3) is 4.92. The summed E-state index contributed by atoms with van der Waals surface area (Å²) in [4.78, 5) is 44.7. The molecule has 0 unspecified atom stereocenters. The normalized spacial score (nSPS) is 17.1. The number of esters is 4. The maximum absolute atomic E-state index is 11.4. The fraction of sp³-hybridized carbons (Fsp3) is 0.333. The van der Waals surface area contributed by atoms with Crippen LogP contribution in [-0.4, -0.2) is 36.5 Å². The van der Waals surface area contributed by atoms with Crippen molar-refractivity contribution in [1.82, 2.24) is 0 Å². The summed E-state index contributed by atoms with van der Waals surface area (Å²) in [7, 11) is 0. The molecule has 0 spiro atoms. The molecule has 0 atom stereocenters. The Morgan fingerprint density at radius 1 is 1.15 bits per heavy atom. The van der Waals surface area contributed by atoms with Crippen LogP contribution in [0.2, 0.25) is 0 Å². The topological polar surface area (TPSA) is 105 Å². The number of ether oxygens (including phenoxy) is 4. The molecular formula is C12H12O8. The largest absolute Gasteiger partial charge is 0.463 e. The third-order valence-corrected chi connectivity index (χ3v) is 1.86. The van der Waals surface area contributed by atoms with E-state index in [0.717, 1.165) is 31.2 Å². The van der Waals surface area contributed by atoms with Crippen molar-refractivity contribution >= 4 is 23.9 Å². The molecule has 20 heavy (non-hydrogen) atoms. The lowest BCUT2D eigenvalue weighted by Gasteiger charge is -2.24. The van der Waals surface area contributed by atoms with Crippen molar-refractivity contribution < 1.29 is 38.1 Å². The van der Waals surface area contributed by atoms with E-state index in [4.69, 9.17) is 0 Å². The molecule has 0 aromatic rings. The van der Waals surface area contributed by atoms with Gasteiger partial charge in [-0.15, -0.1) is 0 Å². The van der Waals surface area contributed by atoms with Gasteiger partial charge in [-0.25, -0.2) is 19.2 Å². The second-order valence-electron chi connectivity index (χ2n) is 3.54. The van der Waals surface area contributed by atoms with Crippen LogP contribution >= 0.6 is 0 Å². The van der Waals surface area contributed by atoms with Gasteiger partial charge >= 0.3 is 29.9 Å². The van der Waals surface area contributed by atoms with Gasteiger partial charge in [0.25, 0.3) is 0 Å². The Morgan fingerprint density at radius 3 is 2.15 bits per heavy atom. The van der Waals surface area contributed by atoms with Gasteiger partial charge < -0.3 is 18.9 Å². The van der Waals surface area contributed by atoms with E-state index >= 15 is 0 Å². The van der Waals surface area contributed by atoms with Crippen molar-refractivity contribution in [3.05, 3.63) is 24.3 Å². The van der Waals surface area contributed by atoms with Crippen LogP contribution in [0.15, 0.2) is 24.3 Å². The van der Waals surface area contributed by atoms with Crippen molar-refractivity contribution in [2.45, 2.75) is 19.8 Å². The molecule has 0 fully saturated rings. The van der Waals surface area contributed by atoms with Crippen molar-refractivity contribution in [3.63, 3.8) is 0 Å². The van der Waals surface area contributed by atoms with E-state index in [1.807, 2.05) is 0 Å². The predicted molar refractivity (Wildman–Crippen MR) is 61.6 cm³/mol. The van der Waals surface area contributed by atoms with Gasteiger partial charge in [0.1, 0.15) is 0 Å². The minimum atomic E-state index is -2.20. The molecule has 0 bridgehead atoms. The molecular weight excluding hydrogens is 272 g/mol. The lowest BCUT2D eigenvalue weighted by molar-refractivity contribution is -0.313. The Kier molecular flexibility index (Phi) is 5.01. The molecule has 0 amide bonds. The van der Waals surface area contributed by atoms with E-state index in [-0.39, 0.29) is 6.61 Å². The van der Waals surface area contributed by atoms with E-state index in [9.17, 15) is 19.2 Å². The third-order valence-electron chi connectivity index (χ3n) is 1.86. The Bertz CT molecular complexity index is 468. The van der Waals surface area contributed by atoms with E-state index in [2.05, 4.69) is 18.9 Å². The van der Waals surface area contributed by atoms with Crippen LogP contribution in [0, 0.1) is 0 Å². The summed E-state index contributed by atoms with van der Waals surface area (Å²) < 4.78 is 18.5. The summed E-state index contributed by atoms with van der Waals surface area (Å²) in [6.45, 7) is 2.81. The molecule has 1 rings (SSSR count). The SMILES string of the molecule is CCOC(=O)/C=C\C(=O)OC1(C)OC(=O)C=CC(=O)O1. The standard InChI is InChI=1S/C12H12O8/c1-3-17-8(13)4-5-9(14)18-12(2)19-10(15)6-7-11(16)20-12/h4-7H,3H2,1-2H3/b5-4-. The first-order valence-corrected chi connectivity index (χ1v) is 5.56. The van der Waals surface area contributed by atoms with Crippen LogP contribution in [0.5, 0.6) is 0 Å². The lowest BCUT2D eigenvalue weighted by Crippen LogP contribution is -2.39. The van der Waals surface area contributed by atoms with Crippen LogP contribution in [0.3, 0.4) is 0 Å². The summed E-state index contributed by atoms with van der Waals surface area (Å²) in [6, 6.07) is 0. The second kappa shape index (κ2) is 6.50. The Hall–Kier alpha value is -2.64. The fourth-order valence-electron chi connectivity index (χ4n) is 1.18. The van der Waals surface area contributed by atoms with Gasteiger partial charge in [-0.3, -0.25) is 0 Å². The van der Waals surface area contributed by atoms with E-state index in [1.165, 1.54) is 0 Å². The number of rotatable bonds is 4. The van der Waals surface area contributed by atoms with Crippen LogP contribution < -0.4 is 0 Å². The molecule has 8 nitrogen and oxygen atoms in total. The average Bonchev–Trinajstić information content (AvgIpc) is 2.45. The maximum atomic E-state index is 11.4. The summed E-state index contributed by atoms with van der Waals surface area (Å²) in [6.07, 6.45) is 3.24. The highest BCUT2D eigenvalue weighted by Crippen LogP contribution is 2.18. The van der Waals surface area contributed by atoms with Crippen LogP contribution in [-0.2, 0) is 38.1 Å². The predicted octanol–water partition coefficient (Wildman–Crippen LogP) is -0.0212. The minimum Gasteiger partial charge on any atom is -0.463 e. The zero-order chi connectivity index (χ0) is 15.2. The summed E-state index contributed by atoms with van der Waals surface area (Å²) in [5.41, 5.74) is 0. The van der Waals surface area contributed by atoms with Gasteiger partial charge in [-0.2, -0.15) is 0 Å². The molecule has 108 valence electrons. The summed E-state index contributed by atoms with van der Waals surface area (Å²) in [5.74, 6) is -5.83. The van der Waals surface area contributed by atoms with E-state index in [0.29, 0.717) is 0 Å². The molecule has 1 aliphatic rings. The van der Waals surface area contributed by atoms with Crippen LogP contribution in [0.4, 0.5) is 0 Å². The number of carbonyl (C=O) groups is 4. The molecule has 0 aromatic carbocycles. The Labute approximate surface area is 113 Å². The molecule has 8 heteroatoms. The lowest BCUT2D eigenvalue weighted by atomic mass is 10.5. The highest BCUT2D eigenvalue weighted by atomic mass is 16.9. The van der Waals surface area contributed by atoms with Crippen molar-refractivity contribution in [2.75, 3.05) is 6.61 Å². The van der Waals surface area contributed by atoms with Gasteiger partial charge in [-0.05, 0) is 6.92 Å². The number of hydrogen-bond acceptors (Lipinski definition) is 8. The van der Waals surface area contributed by atoms with Gasteiger partial charge in [0, 0.05) is 24.3 Å². The fourth-order valence-corrected chi connectivity index (χ4v) is 1.18. The second-order valence-corrected chi connectivity index (χ2v) is 3.54. The molecule has 0 radical (unpaired) electrons. The highest BCUT2D eigenvalue weighted by molar-refractivity contribution is 5.94. The van der Waals surface area contributed by atoms with Crippen molar-refractivity contribution in [2.24, 2.45) is 0 Å². The highest BCUT2D eigenvalue weighted by Gasteiger charge is 2.38. The first kappa shape index (κ1) is 15.4. The zero-order valence-corrected chi connectivity index (χ0v) is 10.8. The molecule has 1 aliphatic heterocycles. The molecule has 0 aromatic heterocycles. The maximum Gasteiger partial charge on any atom is 0.421 e. The number of cyclic esters (lactones) is 2. The Morgan fingerprint density at radius 2 is 1.65 bits per heavy atom. The molecule has 0 N–H and O–H groups in total. The van der Waals surface area contributed by atoms with E-state index < -0.39 is 29.9 Å². The quantitative estimate of drug-likeness (QED) is 0.524. The summed E-state index contributed by atoms with van der Waals surface area (Å²) >= 11 is 0. The van der Waals surface area contributed by atoms with Gasteiger partial charge in [0.15, 0.2) is 0 Å². The smallest absolute Gasteiger partial charge is 0.421 e. The number of carbonyl (C=O) groups excluding carboxylic acids is 4. The van der Waals surface area contributed by atoms with Crippen LogP contribution in [0.25, 0.3) is 0 Å². The number of hydrogen-bond donors (Lipinski definition) is 0. The minimum absolute atomic E-state index is 0.150. The molecule has 1 heterocycles. The van der Waals surface area contributed by atoms with Crippen molar-refractivity contribution in [3.8, 4) is 0 Å². The van der Waals surface area contributed by atoms with Gasteiger partial charge in [0.05, 0.1) is 13.5 Å². The monoisotopic (exact) mass is 284 g/mol. The van der Waals surface area contributed by atoms with Gasteiger partial charge in [0.2, 0.25) is 0 Å². The molecule has 0 aliphatic carbocycles. The first-order valence-electron chi connectivity index (χ1n) is 5.56. The first-order chi connectivity index (χ1) is 9.34. The average molecular weight is 284 g/mol. The van der Waals surface area contributed by atoms with E-state index in [1.54, 1.807) is 6.92 Å². The zero-order valence-electron chi connectivity index (χ0n) is 10.8. The van der Waals surface area contributed by atoms with Crippen molar-refractivity contribution in [1.29, 1.82) is 0 Å². The molecule has 0 saturated carbocycles.